The summed E-state index contributed by atoms with van der Waals surface area (Å²) in [5.41, 5.74) is 0. The Labute approximate surface area is 72.3 Å². The average Bonchev–Trinajstić information content (AvgIpc) is 1.75. The average molecular weight is 97.1 g/mol. The monoisotopic (exact) mass is 97.0 g/mol. The summed E-state index contributed by atoms with van der Waals surface area (Å²) in [5.74, 6) is -0.0833. The quantitative estimate of drug-likeness (QED) is 0.291. The number of hydrogen-bond donors (Lipinski definition) is 0. The largest absolute Gasteiger partial charge is 0.451 e. The Bertz CT molecular complexity index is 45.6. The molecule has 0 aliphatic carbocycles. The van der Waals surface area contributed by atoms with Crippen molar-refractivity contribution in [1.82, 2.24) is 0 Å². The molecule has 5 heavy (non-hydrogen) atoms. The Morgan fingerprint density at radius 2 is 2.00 bits per heavy atom. The zero-order valence-corrected chi connectivity index (χ0v) is 6.15. The van der Waals surface area contributed by atoms with Crippen molar-refractivity contribution in [3.05, 3.63) is 0 Å². The van der Waals surface area contributed by atoms with Gasteiger partial charge in [-0.05, 0) is 0 Å². The van der Waals surface area contributed by atoms with Gasteiger partial charge in [-0.15, -0.1) is 0 Å². The molecule has 0 aromatic carbocycles. The molecule has 0 saturated carbocycles. The molecule has 0 bridgehead atoms. The first kappa shape index (κ1) is 6.11. The van der Waals surface area contributed by atoms with Crippen molar-refractivity contribution >= 4 is 57.4 Å². The summed E-state index contributed by atoms with van der Waals surface area (Å²) in [6.07, 6.45) is 0. The minimum absolute atomic E-state index is 0. The molecule has 0 unspecified atom stereocenters. The molecule has 0 N–H and O–H groups in total. The molecule has 0 spiro atoms. The summed E-state index contributed by atoms with van der Waals surface area (Å²) in [4.78, 5) is 9.33. The fourth-order valence-corrected chi connectivity index (χ4v) is 0.0295. The van der Waals surface area contributed by atoms with Gasteiger partial charge in [0.15, 0.2) is 6.61 Å². The van der Waals surface area contributed by atoms with Crippen LogP contribution in [-0.2, 0) is 9.53 Å². The van der Waals surface area contributed by atoms with Crippen LogP contribution in [0.15, 0.2) is 0 Å². The SMILES string of the molecule is O=C1CO1.[K]. The van der Waals surface area contributed by atoms with Crippen LogP contribution in [-0.4, -0.2) is 64.0 Å². The van der Waals surface area contributed by atoms with Gasteiger partial charge >= 0.3 is 5.97 Å². The third-order valence-electron chi connectivity index (χ3n) is 0.262. The Balaban J connectivity index is 0.000000160. The molecule has 1 heterocycles. The summed E-state index contributed by atoms with van der Waals surface area (Å²) >= 11 is 0. The number of cyclic esters (lactones) is 1. The van der Waals surface area contributed by atoms with Crippen molar-refractivity contribution in [2.75, 3.05) is 6.61 Å². The van der Waals surface area contributed by atoms with E-state index in [4.69, 9.17) is 0 Å². The van der Waals surface area contributed by atoms with Crippen molar-refractivity contribution in [3.8, 4) is 0 Å². The molecule has 1 aliphatic rings. The number of hydrogen-bond acceptors (Lipinski definition) is 2. The van der Waals surface area contributed by atoms with E-state index < -0.39 is 0 Å². The van der Waals surface area contributed by atoms with Gasteiger partial charge in [-0.3, -0.25) is 0 Å². The van der Waals surface area contributed by atoms with E-state index in [0.717, 1.165) is 0 Å². The Morgan fingerprint density at radius 1 is 1.80 bits per heavy atom. The van der Waals surface area contributed by atoms with Gasteiger partial charge in [-0.25, -0.2) is 4.79 Å². The number of rotatable bonds is 0. The van der Waals surface area contributed by atoms with E-state index in [-0.39, 0.29) is 57.4 Å². The van der Waals surface area contributed by atoms with Crippen molar-refractivity contribution < 1.29 is 9.53 Å². The van der Waals surface area contributed by atoms with Gasteiger partial charge in [0.05, 0.1) is 0 Å². The molecule has 2 nitrogen and oxygen atoms in total. The van der Waals surface area contributed by atoms with E-state index >= 15 is 0 Å². The smallest absolute Gasteiger partial charge is 0.344 e. The van der Waals surface area contributed by atoms with Gasteiger partial charge in [0, 0.05) is 51.4 Å². The van der Waals surface area contributed by atoms with Gasteiger partial charge in [-0.1, -0.05) is 0 Å². The molecule has 1 rings (SSSR count). The van der Waals surface area contributed by atoms with Gasteiger partial charge in [0.25, 0.3) is 0 Å². The fraction of sp³-hybridized carbons (Fsp3) is 0.500. The van der Waals surface area contributed by atoms with E-state index in [1.54, 1.807) is 0 Å². The topological polar surface area (TPSA) is 29.6 Å². The van der Waals surface area contributed by atoms with Gasteiger partial charge in [0.2, 0.25) is 0 Å². The zero-order valence-electron chi connectivity index (χ0n) is 3.02. The van der Waals surface area contributed by atoms with Crippen LogP contribution in [0.1, 0.15) is 0 Å². The molecule has 0 atom stereocenters. The fourth-order valence-electron chi connectivity index (χ4n) is 0.0295. The van der Waals surface area contributed by atoms with Gasteiger partial charge in [-0.2, -0.15) is 0 Å². The van der Waals surface area contributed by atoms with Crippen molar-refractivity contribution in [3.63, 3.8) is 0 Å². The Kier molecular flexibility index (Phi) is 2.82. The van der Waals surface area contributed by atoms with Crippen LogP contribution >= 0.6 is 0 Å². The van der Waals surface area contributed by atoms with Crippen molar-refractivity contribution in [2.45, 2.75) is 0 Å². The zero-order chi connectivity index (χ0) is 2.99. The number of ether oxygens (including phenoxy) is 1. The van der Waals surface area contributed by atoms with Crippen LogP contribution in [0.25, 0.3) is 0 Å². The number of carbonyl (C=O) groups excluding carboxylic acids is 1. The predicted octanol–water partition coefficient (Wildman–Crippen LogP) is -0.838. The molecule has 3 heteroatoms. The Morgan fingerprint density at radius 3 is 2.00 bits per heavy atom. The first-order valence-corrected chi connectivity index (χ1v) is 1.05. The number of carbonyl (C=O) groups is 1. The van der Waals surface area contributed by atoms with Crippen LogP contribution in [0.2, 0.25) is 0 Å². The molecule has 0 aromatic heterocycles. The first-order valence-electron chi connectivity index (χ1n) is 1.05. The van der Waals surface area contributed by atoms with Crippen LogP contribution in [0.5, 0.6) is 0 Å². The van der Waals surface area contributed by atoms with E-state index in [1.165, 1.54) is 0 Å². The second-order valence-corrected chi connectivity index (χ2v) is 0.661. The van der Waals surface area contributed by atoms with E-state index in [0.29, 0.717) is 6.61 Å². The van der Waals surface area contributed by atoms with Crippen LogP contribution < -0.4 is 0 Å². The second-order valence-electron chi connectivity index (χ2n) is 0.661. The standard InChI is InChI=1S/C2H2O2.K/c3-2-1-4-2;/h1H2;. The molecule has 23 valence electrons. The number of epoxide rings is 1. The third-order valence-corrected chi connectivity index (χ3v) is 0.262. The van der Waals surface area contributed by atoms with E-state index in [1.807, 2.05) is 0 Å². The van der Waals surface area contributed by atoms with Gasteiger partial charge in [0.1, 0.15) is 0 Å². The predicted molar refractivity (Wildman–Crippen MR) is 16.7 cm³/mol. The third kappa shape index (κ3) is 2.92. The van der Waals surface area contributed by atoms with Crippen molar-refractivity contribution in [2.24, 2.45) is 0 Å². The summed E-state index contributed by atoms with van der Waals surface area (Å²) in [6.45, 7) is 0.347. The molecule has 1 saturated heterocycles. The normalized spacial score (nSPS) is 15.6. The van der Waals surface area contributed by atoms with E-state index in [9.17, 15) is 4.79 Å². The van der Waals surface area contributed by atoms with Crippen LogP contribution in [0.4, 0.5) is 0 Å². The first-order chi connectivity index (χ1) is 1.89. The maximum absolute atomic E-state index is 9.33. The summed E-state index contributed by atoms with van der Waals surface area (Å²) in [7, 11) is 0. The van der Waals surface area contributed by atoms with Gasteiger partial charge < -0.3 is 4.74 Å². The van der Waals surface area contributed by atoms with Crippen LogP contribution in [0, 0.1) is 0 Å². The summed E-state index contributed by atoms with van der Waals surface area (Å²) < 4.78 is 4.07. The van der Waals surface area contributed by atoms with Crippen molar-refractivity contribution in [1.29, 1.82) is 0 Å². The molecule has 1 aliphatic heterocycles. The molecule has 0 amide bonds. The molecule has 1 radical (unpaired) electrons. The molecular weight excluding hydrogens is 95.1 g/mol. The minimum atomic E-state index is -0.0833. The van der Waals surface area contributed by atoms with Crippen LogP contribution in [0.3, 0.4) is 0 Å². The Hall–Kier alpha value is 1.11. The second kappa shape index (κ2) is 2.31. The minimum Gasteiger partial charge on any atom is -0.451 e. The molecule has 0 aromatic rings. The maximum atomic E-state index is 9.33. The molecule has 1 fully saturated rings. The summed E-state index contributed by atoms with van der Waals surface area (Å²) in [6, 6.07) is 0. The summed E-state index contributed by atoms with van der Waals surface area (Å²) in [5, 5.41) is 0. The molecular formula is C2H2KO2. The maximum Gasteiger partial charge on any atom is 0.344 e. The van der Waals surface area contributed by atoms with E-state index in [2.05, 4.69) is 4.74 Å².